The van der Waals surface area contributed by atoms with E-state index >= 15 is 0 Å². The van der Waals surface area contributed by atoms with Gasteiger partial charge in [-0.25, -0.2) is 4.98 Å². The standard InChI is InChI=1S/C22H25N5O/c1-15-6-2-3-7-19(15)26-22-24-14-18(20-8-4-5-13-23-20)21(27-22)25-16-9-11-17(28)12-10-16/h2-8,13-14,16-17,28H,9-12H2,1H3,(H2,24,25,26,27). The zero-order valence-corrected chi connectivity index (χ0v) is 16.0. The van der Waals surface area contributed by atoms with Crippen molar-refractivity contribution in [2.24, 2.45) is 0 Å². The molecule has 0 aliphatic heterocycles. The van der Waals surface area contributed by atoms with E-state index in [4.69, 9.17) is 4.98 Å². The Balaban J connectivity index is 1.64. The van der Waals surface area contributed by atoms with Gasteiger partial charge in [0.05, 0.1) is 17.4 Å². The molecule has 0 unspecified atom stereocenters. The lowest BCUT2D eigenvalue weighted by molar-refractivity contribution is 0.126. The Morgan fingerprint density at radius 3 is 2.50 bits per heavy atom. The highest BCUT2D eigenvalue weighted by Crippen LogP contribution is 2.29. The van der Waals surface area contributed by atoms with Crippen LogP contribution in [0.1, 0.15) is 31.2 Å². The van der Waals surface area contributed by atoms with Crippen molar-refractivity contribution in [1.29, 1.82) is 0 Å². The van der Waals surface area contributed by atoms with Gasteiger partial charge in [0.1, 0.15) is 5.82 Å². The van der Waals surface area contributed by atoms with Crippen LogP contribution in [0.5, 0.6) is 0 Å². The minimum atomic E-state index is -0.183. The number of aliphatic hydroxyl groups is 1. The third-order valence-corrected chi connectivity index (χ3v) is 5.16. The van der Waals surface area contributed by atoms with Gasteiger partial charge in [-0.15, -0.1) is 0 Å². The molecule has 1 aliphatic carbocycles. The number of pyridine rings is 1. The summed E-state index contributed by atoms with van der Waals surface area (Å²) in [6.45, 7) is 2.05. The summed E-state index contributed by atoms with van der Waals surface area (Å²) in [5.41, 5.74) is 3.83. The molecule has 1 aliphatic rings. The molecule has 144 valence electrons. The van der Waals surface area contributed by atoms with Gasteiger partial charge < -0.3 is 15.7 Å². The molecule has 4 rings (SSSR count). The Morgan fingerprint density at radius 2 is 1.75 bits per heavy atom. The van der Waals surface area contributed by atoms with Gasteiger partial charge in [0.25, 0.3) is 0 Å². The minimum absolute atomic E-state index is 0.183. The lowest BCUT2D eigenvalue weighted by Gasteiger charge is -2.27. The molecule has 3 N–H and O–H groups in total. The molecule has 0 saturated heterocycles. The number of anilines is 3. The van der Waals surface area contributed by atoms with E-state index in [0.29, 0.717) is 5.95 Å². The molecule has 3 aromatic rings. The number of aliphatic hydroxyl groups excluding tert-OH is 1. The predicted molar refractivity (Wildman–Crippen MR) is 112 cm³/mol. The summed E-state index contributed by atoms with van der Waals surface area (Å²) in [6.07, 6.45) is 6.88. The summed E-state index contributed by atoms with van der Waals surface area (Å²) in [5, 5.41) is 16.7. The molecule has 1 saturated carbocycles. The Labute approximate surface area is 165 Å². The summed E-state index contributed by atoms with van der Waals surface area (Å²) in [7, 11) is 0. The van der Waals surface area contributed by atoms with Crippen LogP contribution in [0.25, 0.3) is 11.3 Å². The van der Waals surface area contributed by atoms with Crippen LogP contribution in [0.4, 0.5) is 17.5 Å². The monoisotopic (exact) mass is 375 g/mol. The topological polar surface area (TPSA) is 83.0 Å². The highest BCUT2D eigenvalue weighted by Gasteiger charge is 2.21. The van der Waals surface area contributed by atoms with Crippen LogP contribution in [0.3, 0.4) is 0 Å². The van der Waals surface area contributed by atoms with Crippen molar-refractivity contribution in [3.05, 3.63) is 60.4 Å². The van der Waals surface area contributed by atoms with Crippen molar-refractivity contribution in [2.75, 3.05) is 10.6 Å². The summed E-state index contributed by atoms with van der Waals surface area (Å²) >= 11 is 0. The maximum absolute atomic E-state index is 9.79. The number of benzene rings is 1. The van der Waals surface area contributed by atoms with Crippen LogP contribution in [0, 0.1) is 6.92 Å². The number of hydrogen-bond acceptors (Lipinski definition) is 6. The van der Waals surface area contributed by atoms with Crippen LogP contribution < -0.4 is 10.6 Å². The summed E-state index contributed by atoms with van der Waals surface area (Å²) < 4.78 is 0. The number of aromatic nitrogens is 3. The van der Waals surface area contributed by atoms with E-state index in [0.717, 1.165) is 54.0 Å². The van der Waals surface area contributed by atoms with Gasteiger partial charge in [-0.3, -0.25) is 4.98 Å². The van der Waals surface area contributed by atoms with E-state index in [1.807, 2.05) is 42.6 Å². The Kier molecular flexibility index (Phi) is 5.48. The lowest BCUT2D eigenvalue weighted by Crippen LogP contribution is -2.29. The van der Waals surface area contributed by atoms with Crippen molar-refractivity contribution in [2.45, 2.75) is 44.8 Å². The summed E-state index contributed by atoms with van der Waals surface area (Å²) in [6, 6.07) is 14.2. The van der Waals surface area contributed by atoms with E-state index < -0.39 is 0 Å². The van der Waals surface area contributed by atoms with Crippen LogP contribution in [0.2, 0.25) is 0 Å². The SMILES string of the molecule is Cc1ccccc1Nc1ncc(-c2ccccn2)c(NC2CCC(O)CC2)n1. The highest BCUT2D eigenvalue weighted by atomic mass is 16.3. The number of aryl methyl sites for hydroxylation is 1. The smallest absolute Gasteiger partial charge is 0.229 e. The first-order valence-electron chi connectivity index (χ1n) is 9.75. The molecule has 0 atom stereocenters. The largest absolute Gasteiger partial charge is 0.393 e. The molecular formula is C22H25N5O. The molecule has 6 heteroatoms. The third kappa shape index (κ3) is 4.28. The Hall–Kier alpha value is -2.99. The average Bonchev–Trinajstić information content (AvgIpc) is 2.72. The molecule has 6 nitrogen and oxygen atoms in total. The molecule has 2 aromatic heterocycles. The number of hydrogen-bond donors (Lipinski definition) is 3. The van der Waals surface area contributed by atoms with E-state index in [1.54, 1.807) is 6.20 Å². The fourth-order valence-corrected chi connectivity index (χ4v) is 3.51. The van der Waals surface area contributed by atoms with Crippen molar-refractivity contribution >= 4 is 17.5 Å². The lowest BCUT2D eigenvalue weighted by atomic mass is 9.93. The Bertz CT molecular complexity index is 923. The van der Waals surface area contributed by atoms with Gasteiger partial charge in [0, 0.05) is 24.1 Å². The predicted octanol–water partition coefficient (Wildman–Crippen LogP) is 4.31. The second-order valence-electron chi connectivity index (χ2n) is 7.26. The fourth-order valence-electron chi connectivity index (χ4n) is 3.51. The number of rotatable bonds is 5. The summed E-state index contributed by atoms with van der Waals surface area (Å²) in [4.78, 5) is 13.7. The van der Waals surface area contributed by atoms with E-state index in [-0.39, 0.29) is 12.1 Å². The molecule has 2 heterocycles. The van der Waals surface area contributed by atoms with Gasteiger partial charge in [0.15, 0.2) is 0 Å². The maximum atomic E-state index is 9.79. The zero-order chi connectivity index (χ0) is 19.3. The first-order valence-corrected chi connectivity index (χ1v) is 9.75. The van der Waals surface area contributed by atoms with E-state index in [9.17, 15) is 5.11 Å². The highest BCUT2D eigenvalue weighted by molar-refractivity contribution is 5.73. The average molecular weight is 375 g/mol. The van der Waals surface area contributed by atoms with Crippen molar-refractivity contribution in [3.8, 4) is 11.3 Å². The second kappa shape index (κ2) is 8.35. The Morgan fingerprint density at radius 1 is 0.964 bits per heavy atom. The van der Waals surface area contributed by atoms with Crippen molar-refractivity contribution < 1.29 is 5.11 Å². The molecule has 28 heavy (non-hydrogen) atoms. The normalized spacial score (nSPS) is 19.2. The molecule has 0 bridgehead atoms. The van der Waals surface area contributed by atoms with Crippen LogP contribution in [-0.4, -0.2) is 32.2 Å². The molecule has 0 amide bonds. The maximum Gasteiger partial charge on any atom is 0.229 e. The van der Waals surface area contributed by atoms with E-state index in [1.165, 1.54) is 0 Å². The quantitative estimate of drug-likeness (QED) is 0.616. The van der Waals surface area contributed by atoms with Crippen LogP contribution in [-0.2, 0) is 0 Å². The van der Waals surface area contributed by atoms with Gasteiger partial charge >= 0.3 is 0 Å². The second-order valence-corrected chi connectivity index (χ2v) is 7.26. The van der Waals surface area contributed by atoms with Gasteiger partial charge in [0.2, 0.25) is 5.95 Å². The number of para-hydroxylation sites is 1. The minimum Gasteiger partial charge on any atom is -0.393 e. The first-order chi connectivity index (χ1) is 13.7. The van der Waals surface area contributed by atoms with E-state index in [2.05, 4.69) is 33.6 Å². The zero-order valence-electron chi connectivity index (χ0n) is 16.0. The van der Waals surface area contributed by atoms with Gasteiger partial charge in [-0.1, -0.05) is 24.3 Å². The molecule has 0 spiro atoms. The third-order valence-electron chi connectivity index (χ3n) is 5.16. The molecule has 0 radical (unpaired) electrons. The number of nitrogens with zero attached hydrogens (tertiary/aromatic N) is 3. The van der Waals surface area contributed by atoms with Crippen LogP contribution in [0.15, 0.2) is 54.9 Å². The van der Waals surface area contributed by atoms with Crippen molar-refractivity contribution in [1.82, 2.24) is 15.0 Å². The van der Waals surface area contributed by atoms with Crippen LogP contribution >= 0.6 is 0 Å². The first kappa shape index (κ1) is 18.4. The molecular weight excluding hydrogens is 350 g/mol. The fraction of sp³-hybridized carbons (Fsp3) is 0.318. The molecule has 1 fully saturated rings. The van der Waals surface area contributed by atoms with Gasteiger partial charge in [-0.2, -0.15) is 4.98 Å². The molecule has 1 aromatic carbocycles. The number of nitrogens with one attached hydrogen (secondary N) is 2. The van der Waals surface area contributed by atoms with Gasteiger partial charge in [-0.05, 0) is 56.4 Å². The summed E-state index contributed by atoms with van der Waals surface area (Å²) in [5.74, 6) is 1.32. The van der Waals surface area contributed by atoms with Crippen molar-refractivity contribution in [3.63, 3.8) is 0 Å².